The summed E-state index contributed by atoms with van der Waals surface area (Å²) >= 11 is 1.41. The monoisotopic (exact) mass is 343 g/mol. The molecule has 0 bridgehead atoms. The number of aryl methyl sites for hydroxylation is 1. The van der Waals surface area contributed by atoms with Crippen LogP contribution in [0.2, 0.25) is 0 Å². The second-order valence-corrected chi connectivity index (χ2v) is 6.47. The van der Waals surface area contributed by atoms with Gasteiger partial charge in [-0.25, -0.2) is 4.79 Å². The topological polar surface area (TPSA) is 66.4 Å². The molecule has 0 saturated heterocycles. The maximum absolute atomic E-state index is 12.2. The molecule has 2 aromatic rings. The number of carboxylic acid groups (broad SMARTS) is 1. The summed E-state index contributed by atoms with van der Waals surface area (Å²) < 4.78 is 0. The van der Waals surface area contributed by atoms with Gasteiger partial charge in [0.2, 0.25) is 0 Å². The van der Waals surface area contributed by atoms with Gasteiger partial charge in [-0.3, -0.25) is 4.79 Å². The Morgan fingerprint density at radius 1 is 1.17 bits per heavy atom. The first kappa shape index (κ1) is 17.9. The molecule has 0 spiro atoms. The number of carbonyl (C=O) groups excluding carboxylic acids is 1. The molecule has 0 unspecified atom stereocenters. The molecule has 5 heteroatoms. The van der Waals surface area contributed by atoms with E-state index in [1.54, 1.807) is 18.2 Å². The predicted octanol–water partition coefficient (Wildman–Crippen LogP) is 4.34. The van der Waals surface area contributed by atoms with Crippen molar-refractivity contribution < 1.29 is 14.7 Å². The van der Waals surface area contributed by atoms with Gasteiger partial charge in [-0.1, -0.05) is 38.0 Å². The lowest BCUT2D eigenvalue weighted by Crippen LogP contribution is -2.27. The summed E-state index contributed by atoms with van der Waals surface area (Å²) in [4.78, 5) is 24.3. The van der Waals surface area contributed by atoms with E-state index in [1.165, 1.54) is 35.8 Å². The molecule has 1 aromatic heterocycles. The van der Waals surface area contributed by atoms with Gasteiger partial charge in [-0.05, 0) is 48.1 Å². The Morgan fingerprint density at radius 2 is 1.92 bits per heavy atom. The van der Waals surface area contributed by atoms with Crippen LogP contribution < -0.4 is 5.32 Å². The summed E-state index contributed by atoms with van der Waals surface area (Å²) in [5, 5.41) is 13.6. The van der Waals surface area contributed by atoms with Crippen molar-refractivity contribution in [2.45, 2.75) is 32.6 Å². The highest BCUT2D eigenvalue weighted by Crippen LogP contribution is 2.13. The van der Waals surface area contributed by atoms with E-state index >= 15 is 0 Å². The van der Waals surface area contributed by atoms with Crippen LogP contribution in [0.4, 0.5) is 0 Å². The third-order valence-electron chi connectivity index (χ3n) is 3.59. The zero-order valence-corrected chi connectivity index (χ0v) is 14.4. The van der Waals surface area contributed by atoms with Crippen LogP contribution in [0.25, 0.3) is 6.08 Å². The highest BCUT2D eigenvalue weighted by molar-refractivity contribution is 7.10. The molecule has 0 fully saturated rings. The van der Waals surface area contributed by atoms with Gasteiger partial charge in [0.1, 0.15) is 5.70 Å². The molecule has 0 aliphatic rings. The molecule has 4 nitrogen and oxygen atoms in total. The first-order valence-corrected chi connectivity index (χ1v) is 8.87. The lowest BCUT2D eigenvalue weighted by atomic mass is 10.1. The minimum atomic E-state index is -1.16. The third kappa shape index (κ3) is 5.35. The summed E-state index contributed by atoms with van der Waals surface area (Å²) in [6.07, 6.45) is 5.96. The van der Waals surface area contributed by atoms with E-state index < -0.39 is 11.9 Å². The number of nitrogens with one attached hydrogen (secondary N) is 1. The lowest BCUT2D eigenvalue weighted by Gasteiger charge is -2.07. The number of amides is 1. The maximum Gasteiger partial charge on any atom is 0.352 e. The highest BCUT2D eigenvalue weighted by Gasteiger charge is 2.13. The molecule has 2 N–H and O–H groups in total. The van der Waals surface area contributed by atoms with Crippen molar-refractivity contribution in [3.8, 4) is 0 Å². The smallest absolute Gasteiger partial charge is 0.352 e. The minimum absolute atomic E-state index is 0.130. The predicted molar refractivity (Wildman–Crippen MR) is 97.1 cm³/mol. The van der Waals surface area contributed by atoms with Gasteiger partial charge in [0.05, 0.1) is 0 Å². The molecule has 126 valence electrons. The number of benzene rings is 1. The highest BCUT2D eigenvalue weighted by atomic mass is 32.1. The lowest BCUT2D eigenvalue weighted by molar-refractivity contribution is -0.132. The molecular formula is C19H21NO3S. The molecule has 2 rings (SSSR count). The van der Waals surface area contributed by atoms with E-state index in [0.717, 1.165) is 17.7 Å². The Morgan fingerprint density at radius 3 is 2.50 bits per heavy atom. The average molecular weight is 343 g/mol. The number of aliphatic carboxylic acids is 1. The first-order chi connectivity index (χ1) is 11.6. The first-order valence-electron chi connectivity index (χ1n) is 7.99. The molecule has 1 amide bonds. The second-order valence-electron chi connectivity index (χ2n) is 5.49. The molecule has 1 aromatic carbocycles. The van der Waals surface area contributed by atoms with Crippen LogP contribution in [0.1, 0.15) is 47.0 Å². The molecule has 0 aliphatic carbocycles. The quantitative estimate of drug-likeness (QED) is 0.553. The van der Waals surface area contributed by atoms with Crippen molar-refractivity contribution in [2.75, 3.05) is 0 Å². The zero-order chi connectivity index (χ0) is 17.4. The van der Waals surface area contributed by atoms with Gasteiger partial charge in [0, 0.05) is 10.4 Å². The van der Waals surface area contributed by atoms with Crippen molar-refractivity contribution in [3.05, 3.63) is 63.5 Å². The molecule has 0 radical (unpaired) electrons. The van der Waals surface area contributed by atoms with E-state index in [1.807, 2.05) is 23.6 Å². The van der Waals surface area contributed by atoms with Crippen molar-refractivity contribution >= 4 is 29.3 Å². The fraction of sp³-hybridized carbons (Fsp3) is 0.263. The van der Waals surface area contributed by atoms with Gasteiger partial charge in [0.25, 0.3) is 5.91 Å². The average Bonchev–Trinajstić information content (AvgIpc) is 3.08. The van der Waals surface area contributed by atoms with Gasteiger partial charge in [-0.2, -0.15) is 0 Å². The van der Waals surface area contributed by atoms with E-state index in [-0.39, 0.29) is 5.70 Å². The van der Waals surface area contributed by atoms with Crippen LogP contribution in [0.5, 0.6) is 0 Å². The Bertz CT molecular complexity index is 703. The Balaban J connectivity index is 2.03. The van der Waals surface area contributed by atoms with E-state index in [4.69, 9.17) is 0 Å². The fourth-order valence-corrected chi connectivity index (χ4v) is 2.92. The number of carboxylic acids is 1. The van der Waals surface area contributed by atoms with E-state index in [9.17, 15) is 14.7 Å². The largest absolute Gasteiger partial charge is 0.477 e. The van der Waals surface area contributed by atoms with Crippen molar-refractivity contribution in [1.82, 2.24) is 5.32 Å². The summed E-state index contributed by atoms with van der Waals surface area (Å²) in [6.45, 7) is 2.16. The Kier molecular flexibility index (Phi) is 6.75. The third-order valence-corrected chi connectivity index (χ3v) is 4.41. The molecular weight excluding hydrogens is 322 g/mol. The van der Waals surface area contributed by atoms with Gasteiger partial charge in [0.15, 0.2) is 0 Å². The molecule has 24 heavy (non-hydrogen) atoms. The van der Waals surface area contributed by atoms with Crippen molar-refractivity contribution in [3.63, 3.8) is 0 Å². The standard InChI is InChI=1S/C19H21NO3S/c1-2-3-4-6-14-8-10-15(11-9-14)18(21)20-17(19(22)23)13-16-7-5-12-24-16/h5,7-13H,2-4,6H2,1H3,(H,20,21)(H,22,23). The van der Waals surface area contributed by atoms with E-state index in [0.29, 0.717) is 5.56 Å². The SMILES string of the molecule is CCCCCc1ccc(C(=O)NC(=Cc2cccs2)C(=O)O)cc1. The number of carbonyl (C=O) groups is 2. The molecule has 1 heterocycles. The van der Waals surface area contributed by atoms with Crippen LogP contribution in [0, 0.1) is 0 Å². The molecule has 0 atom stereocenters. The number of rotatable bonds is 8. The minimum Gasteiger partial charge on any atom is -0.477 e. The number of unbranched alkanes of at least 4 members (excludes halogenated alkanes) is 2. The van der Waals surface area contributed by atoms with Crippen LogP contribution >= 0.6 is 11.3 Å². The summed E-state index contributed by atoms with van der Waals surface area (Å²) in [5.41, 5.74) is 1.51. The molecule has 0 saturated carbocycles. The van der Waals surface area contributed by atoms with Crippen LogP contribution in [-0.4, -0.2) is 17.0 Å². The molecule has 0 aliphatic heterocycles. The Labute approximate surface area is 145 Å². The van der Waals surface area contributed by atoms with Gasteiger partial charge >= 0.3 is 5.97 Å². The van der Waals surface area contributed by atoms with Crippen molar-refractivity contribution in [2.24, 2.45) is 0 Å². The van der Waals surface area contributed by atoms with Crippen LogP contribution in [0.15, 0.2) is 47.5 Å². The Hall–Kier alpha value is -2.40. The van der Waals surface area contributed by atoms with Crippen molar-refractivity contribution in [1.29, 1.82) is 0 Å². The zero-order valence-electron chi connectivity index (χ0n) is 13.6. The van der Waals surface area contributed by atoms with Crippen LogP contribution in [-0.2, 0) is 11.2 Å². The summed E-state index contributed by atoms with van der Waals surface area (Å²) in [5.74, 6) is -1.58. The van der Waals surface area contributed by atoms with Gasteiger partial charge in [-0.15, -0.1) is 11.3 Å². The normalized spacial score (nSPS) is 11.3. The number of hydrogen-bond acceptors (Lipinski definition) is 3. The second kappa shape index (κ2) is 9.03. The van der Waals surface area contributed by atoms with Gasteiger partial charge < -0.3 is 10.4 Å². The number of hydrogen-bond donors (Lipinski definition) is 2. The summed E-state index contributed by atoms with van der Waals surface area (Å²) in [7, 11) is 0. The van der Waals surface area contributed by atoms with Crippen LogP contribution in [0.3, 0.4) is 0 Å². The fourth-order valence-electron chi connectivity index (χ4n) is 2.26. The van der Waals surface area contributed by atoms with E-state index in [2.05, 4.69) is 12.2 Å². The summed E-state index contributed by atoms with van der Waals surface area (Å²) in [6, 6.07) is 10.9. The maximum atomic E-state index is 12.2. The number of thiophene rings is 1.